The number of likely N-dealkylation sites (tertiary alicyclic amines) is 1. The predicted octanol–water partition coefficient (Wildman–Crippen LogP) is 4.33. The fourth-order valence-electron chi connectivity index (χ4n) is 4.96. The second-order valence-electron chi connectivity index (χ2n) is 8.96. The molecule has 0 saturated carbocycles. The van der Waals surface area contributed by atoms with Gasteiger partial charge in [0.1, 0.15) is 5.75 Å². The van der Waals surface area contributed by atoms with Crippen LogP contribution in [0.1, 0.15) is 34.3 Å². The number of rotatable bonds is 7. The highest BCUT2D eigenvalue weighted by Gasteiger charge is 2.30. The number of pyridine rings is 1. The number of H-pyrrole nitrogens is 1. The Labute approximate surface area is 233 Å². The zero-order chi connectivity index (χ0) is 28.5. The van der Waals surface area contributed by atoms with Gasteiger partial charge in [0.15, 0.2) is 5.82 Å². The molecule has 9 heteroatoms. The number of anilines is 1. The number of hydrogen-bond acceptors (Lipinski definition) is 7. The number of fused-ring (bicyclic) bond motifs is 1. The van der Waals surface area contributed by atoms with E-state index in [4.69, 9.17) is 15.6 Å². The lowest BCUT2D eigenvalue weighted by molar-refractivity contribution is -0.126. The number of aliphatic hydroxyl groups excluding tert-OH is 1. The first-order valence-electron chi connectivity index (χ1n) is 12.9. The van der Waals surface area contributed by atoms with E-state index in [0.29, 0.717) is 48.4 Å². The summed E-state index contributed by atoms with van der Waals surface area (Å²) in [7, 11) is 2.50. The van der Waals surface area contributed by atoms with Crippen molar-refractivity contribution >= 4 is 34.0 Å². The summed E-state index contributed by atoms with van der Waals surface area (Å²) in [5.74, 6) is -0.240. The molecule has 5 N–H and O–H groups in total. The minimum atomic E-state index is -0.583. The lowest BCUT2D eigenvalue weighted by Gasteiger charge is -2.30. The Balaban J connectivity index is 0.00000181. The number of aromatic nitrogens is 2. The van der Waals surface area contributed by atoms with Crippen molar-refractivity contribution in [3.05, 3.63) is 108 Å². The molecule has 1 saturated heterocycles. The van der Waals surface area contributed by atoms with Crippen LogP contribution in [0.15, 0.2) is 91.0 Å². The Morgan fingerprint density at radius 3 is 2.17 bits per heavy atom. The average Bonchev–Trinajstić information content (AvgIpc) is 3.47. The number of nitrogens with two attached hydrogens (primary N) is 1. The number of nitrogens with zero attached hydrogens (tertiary/aromatic N) is 2. The Morgan fingerprint density at radius 2 is 1.62 bits per heavy atom. The van der Waals surface area contributed by atoms with Gasteiger partial charge in [-0.15, -0.1) is 0 Å². The Hall–Kier alpha value is -4.89. The van der Waals surface area contributed by atoms with Gasteiger partial charge in [0.05, 0.1) is 29.8 Å². The van der Waals surface area contributed by atoms with Crippen molar-refractivity contribution in [2.45, 2.75) is 12.8 Å². The van der Waals surface area contributed by atoms with Gasteiger partial charge in [0.2, 0.25) is 0 Å². The molecule has 0 unspecified atom stereocenters. The maximum Gasteiger partial charge on any atom is 0.295 e. The second kappa shape index (κ2) is 13.3. The second-order valence-corrected chi connectivity index (χ2v) is 8.96. The summed E-state index contributed by atoms with van der Waals surface area (Å²) in [5.41, 5.74) is 11.0. The van der Waals surface area contributed by atoms with Gasteiger partial charge in [-0.3, -0.25) is 9.59 Å². The molecule has 0 spiro atoms. The average molecular weight is 540 g/mol. The molecule has 40 heavy (non-hydrogen) atoms. The number of hydrogen-bond donors (Lipinski definition) is 4. The van der Waals surface area contributed by atoms with Gasteiger partial charge in [-0.1, -0.05) is 66.2 Å². The summed E-state index contributed by atoms with van der Waals surface area (Å²) in [6, 6.07) is 20.6. The van der Waals surface area contributed by atoms with E-state index in [0.717, 1.165) is 18.2 Å². The van der Waals surface area contributed by atoms with Crippen LogP contribution in [-0.2, 0) is 4.79 Å². The van der Waals surface area contributed by atoms with Gasteiger partial charge in [-0.25, -0.2) is 4.98 Å². The molecule has 0 aliphatic carbocycles. The number of ketones is 1. The van der Waals surface area contributed by atoms with E-state index in [2.05, 4.69) is 39.6 Å². The highest BCUT2D eigenvalue weighted by atomic mass is 16.5. The number of aromatic amines is 1. The van der Waals surface area contributed by atoms with E-state index in [1.165, 1.54) is 43.0 Å². The smallest absolute Gasteiger partial charge is 0.295 e. The fraction of sp³-hybridized carbons (Fsp3) is 0.194. The van der Waals surface area contributed by atoms with Crippen molar-refractivity contribution in [1.29, 1.82) is 0 Å². The molecule has 2 aromatic carbocycles. The minimum Gasteiger partial charge on any atom is -0.494 e. The molecule has 3 heterocycles. The standard InChI is InChI=1S/C30H29N5O3.CH4O/c1-38-24-19-34-29(32-15-14-31)27-26(24)23(18-33-27)28(36)30(37)35-16-12-22(13-17-35)25(20-8-4-2-5-9-20)21-10-6-3-7-11-21;1-2/h2-11,14-15,18-19,33H,12-13,16-17,31H2,1H3,(H,32,34);2H,1H3/b15-14-;. The van der Waals surface area contributed by atoms with E-state index < -0.39 is 11.7 Å². The van der Waals surface area contributed by atoms with E-state index in [1.54, 1.807) is 4.90 Å². The number of Topliss-reactive ketones (excluding diaryl/α,β-unsaturated/α-hetero) is 1. The third-order valence-corrected chi connectivity index (χ3v) is 6.78. The quantitative estimate of drug-likeness (QED) is 0.203. The first kappa shape index (κ1) is 28.1. The summed E-state index contributed by atoms with van der Waals surface area (Å²) < 4.78 is 5.45. The number of benzene rings is 2. The van der Waals surface area contributed by atoms with Gasteiger partial charge in [0, 0.05) is 38.8 Å². The van der Waals surface area contributed by atoms with Gasteiger partial charge in [-0.05, 0) is 29.5 Å². The monoisotopic (exact) mass is 539 g/mol. The molecule has 206 valence electrons. The van der Waals surface area contributed by atoms with Crippen molar-refractivity contribution in [3.63, 3.8) is 0 Å². The molecule has 0 bridgehead atoms. The van der Waals surface area contributed by atoms with Gasteiger partial charge < -0.3 is 30.8 Å². The van der Waals surface area contributed by atoms with Crippen LogP contribution < -0.4 is 15.8 Å². The maximum absolute atomic E-state index is 13.4. The van der Waals surface area contributed by atoms with Crippen LogP contribution in [0, 0.1) is 0 Å². The molecular weight excluding hydrogens is 506 g/mol. The summed E-state index contributed by atoms with van der Waals surface area (Å²) in [6.07, 6.45) is 7.30. The van der Waals surface area contributed by atoms with Crippen molar-refractivity contribution in [2.24, 2.45) is 5.73 Å². The predicted molar refractivity (Wildman–Crippen MR) is 157 cm³/mol. The molecule has 0 radical (unpaired) electrons. The molecule has 9 nitrogen and oxygen atoms in total. The van der Waals surface area contributed by atoms with Crippen LogP contribution in [0.2, 0.25) is 0 Å². The summed E-state index contributed by atoms with van der Waals surface area (Å²) >= 11 is 0. The molecule has 2 aromatic heterocycles. The Kier molecular flexibility index (Phi) is 9.32. The zero-order valence-electron chi connectivity index (χ0n) is 22.6. The van der Waals surface area contributed by atoms with Crippen molar-refractivity contribution in [1.82, 2.24) is 14.9 Å². The van der Waals surface area contributed by atoms with Crippen molar-refractivity contribution < 1.29 is 19.4 Å². The third kappa shape index (κ3) is 5.74. The Bertz CT molecular complexity index is 1480. The third-order valence-electron chi connectivity index (χ3n) is 6.78. The largest absolute Gasteiger partial charge is 0.494 e. The molecule has 5 rings (SSSR count). The molecular formula is C31H33N5O4. The normalized spacial score (nSPS) is 13.1. The SMILES string of the molecule is CO.COc1cnc(N/C=C\N)c2[nH]cc(C(=O)C(=O)N3CCC(=C(c4ccccc4)c4ccccc4)CC3)c12. The van der Waals surface area contributed by atoms with Crippen molar-refractivity contribution in [3.8, 4) is 5.75 Å². The highest BCUT2D eigenvalue weighted by Crippen LogP contribution is 2.34. The molecule has 1 fully saturated rings. The van der Waals surface area contributed by atoms with Crippen LogP contribution in [0.25, 0.3) is 16.5 Å². The van der Waals surface area contributed by atoms with E-state index in [9.17, 15) is 9.59 Å². The number of carbonyl (C=O) groups is 2. The van der Waals surface area contributed by atoms with Gasteiger partial charge in [-0.2, -0.15) is 0 Å². The summed E-state index contributed by atoms with van der Waals surface area (Å²) in [5, 5.41) is 10.5. The van der Waals surface area contributed by atoms with Crippen LogP contribution in [0.5, 0.6) is 5.75 Å². The number of nitrogens with one attached hydrogen (secondary N) is 2. The number of ether oxygens (including phenoxy) is 1. The minimum absolute atomic E-state index is 0.250. The van der Waals surface area contributed by atoms with Crippen LogP contribution in [0.4, 0.5) is 5.82 Å². The van der Waals surface area contributed by atoms with Crippen LogP contribution in [0.3, 0.4) is 0 Å². The van der Waals surface area contributed by atoms with Gasteiger partial charge in [0.25, 0.3) is 11.7 Å². The lowest BCUT2D eigenvalue weighted by Crippen LogP contribution is -2.40. The molecule has 0 atom stereocenters. The summed E-state index contributed by atoms with van der Waals surface area (Å²) in [6.45, 7) is 0.941. The molecule has 4 aromatic rings. The van der Waals surface area contributed by atoms with E-state index >= 15 is 0 Å². The van der Waals surface area contributed by atoms with Crippen LogP contribution in [-0.4, -0.2) is 59.0 Å². The topological polar surface area (TPSA) is 134 Å². The van der Waals surface area contributed by atoms with E-state index in [1.807, 2.05) is 36.4 Å². The first-order chi connectivity index (χ1) is 19.6. The van der Waals surface area contributed by atoms with Crippen LogP contribution >= 0.6 is 0 Å². The number of aliphatic hydroxyl groups is 1. The molecule has 1 aliphatic heterocycles. The first-order valence-corrected chi connectivity index (χ1v) is 12.9. The number of methoxy groups -OCH3 is 1. The Morgan fingerprint density at radius 1 is 1.02 bits per heavy atom. The molecule has 1 aliphatic rings. The molecule has 1 amide bonds. The lowest BCUT2D eigenvalue weighted by atomic mass is 9.88. The van der Waals surface area contributed by atoms with E-state index in [-0.39, 0.29) is 5.56 Å². The number of piperidine rings is 1. The zero-order valence-corrected chi connectivity index (χ0v) is 22.6. The van der Waals surface area contributed by atoms with Crippen molar-refractivity contribution in [2.75, 3.05) is 32.6 Å². The fourth-order valence-corrected chi connectivity index (χ4v) is 4.96. The highest BCUT2D eigenvalue weighted by molar-refractivity contribution is 6.45. The van der Waals surface area contributed by atoms with Gasteiger partial charge >= 0.3 is 0 Å². The summed E-state index contributed by atoms with van der Waals surface area (Å²) in [4.78, 5) is 35.8. The number of carbonyl (C=O) groups excluding carboxylic acids is 2. The maximum atomic E-state index is 13.4. The number of amides is 1.